The van der Waals surface area contributed by atoms with Gasteiger partial charge in [-0.15, -0.1) is 0 Å². The van der Waals surface area contributed by atoms with E-state index >= 15 is 0 Å². The number of ether oxygens (including phenoxy) is 2. The molecule has 1 amide bonds. The van der Waals surface area contributed by atoms with E-state index in [2.05, 4.69) is 10.5 Å². The zero-order valence-electron chi connectivity index (χ0n) is 16.5. The molecular formula is C22H22N2O5. The number of nitrogens with zero attached hydrogens (tertiary/aromatic N) is 1. The van der Waals surface area contributed by atoms with E-state index in [0.717, 1.165) is 16.7 Å². The molecule has 0 bridgehead atoms. The largest absolute Gasteiger partial charge is 0.496 e. The second-order valence-corrected chi connectivity index (χ2v) is 6.64. The normalized spacial score (nSPS) is 10.4. The number of aryl methyl sites for hydroxylation is 2. The Morgan fingerprint density at radius 3 is 2.48 bits per heavy atom. The molecule has 3 rings (SSSR count). The summed E-state index contributed by atoms with van der Waals surface area (Å²) >= 11 is 0. The zero-order valence-corrected chi connectivity index (χ0v) is 16.5. The van der Waals surface area contributed by atoms with Gasteiger partial charge < -0.3 is 14.0 Å². The first kappa shape index (κ1) is 20.1. The first-order valence-electron chi connectivity index (χ1n) is 9.07. The first-order chi connectivity index (χ1) is 13.9. The fourth-order valence-corrected chi connectivity index (χ4v) is 2.77. The number of carbonyl (C=O) groups is 2. The SMILES string of the molecule is COc1ccc(C)cc1CC(=O)OCC(=O)Nc1cc(-c2ccc(C)cc2)no1. The molecule has 0 spiro atoms. The van der Waals surface area contributed by atoms with Gasteiger partial charge in [-0.05, 0) is 19.9 Å². The van der Waals surface area contributed by atoms with Gasteiger partial charge in [0.05, 0.1) is 13.5 Å². The molecule has 29 heavy (non-hydrogen) atoms. The summed E-state index contributed by atoms with van der Waals surface area (Å²) < 4.78 is 15.4. The van der Waals surface area contributed by atoms with Crippen molar-refractivity contribution in [1.82, 2.24) is 5.16 Å². The third kappa shape index (κ3) is 5.44. The van der Waals surface area contributed by atoms with Gasteiger partial charge in [0.2, 0.25) is 5.88 Å². The Kier molecular flexibility index (Phi) is 6.29. The van der Waals surface area contributed by atoms with E-state index in [-0.39, 0.29) is 12.3 Å². The Bertz CT molecular complexity index is 1010. The van der Waals surface area contributed by atoms with Gasteiger partial charge in [-0.25, -0.2) is 0 Å². The van der Waals surface area contributed by atoms with Crippen LogP contribution in [-0.4, -0.2) is 30.7 Å². The van der Waals surface area contributed by atoms with Crippen LogP contribution in [0.3, 0.4) is 0 Å². The number of esters is 1. The van der Waals surface area contributed by atoms with Crippen LogP contribution in [0.25, 0.3) is 11.3 Å². The lowest BCUT2D eigenvalue weighted by Gasteiger charge is -2.09. The van der Waals surface area contributed by atoms with Gasteiger partial charge in [0.25, 0.3) is 5.91 Å². The fourth-order valence-electron chi connectivity index (χ4n) is 2.77. The molecule has 1 N–H and O–H groups in total. The zero-order chi connectivity index (χ0) is 20.8. The van der Waals surface area contributed by atoms with Crippen molar-refractivity contribution < 1.29 is 23.6 Å². The molecule has 0 aliphatic heterocycles. The Morgan fingerprint density at radius 1 is 1.03 bits per heavy atom. The Balaban J connectivity index is 1.52. The number of nitrogens with one attached hydrogen (secondary N) is 1. The molecular weight excluding hydrogens is 372 g/mol. The number of hydrogen-bond donors (Lipinski definition) is 1. The van der Waals surface area contributed by atoms with E-state index in [1.807, 2.05) is 50.2 Å². The maximum Gasteiger partial charge on any atom is 0.310 e. The van der Waals surface area contributed by atoms with Crippen LogP contribution in [-0.2, 0) is 20.7 Å². The van der Waals surface area contributed by atoms with Crippen molar-refractivity contribution in [2.75, 3.05) is 19.0 Å². The number of methoxy groups -OCH3 is 1. The van der Waals surface area contributed by atoms with Gasteiger partial charge in [0.1, 0.15) is 11.4 Å². The molecule has 150 valence electrons. The summed E-state index contributed by atoms with van der Waals surface area (Å²) in [5.41, 5.74) is 4.31. The Morgan fingerprint density at radius 2 is 1.76 bits per heavy atom. The molecule has 0 saturated heterocycles. The first-order valence-corrected chi connectivity index (χ1v) is 9.07. The number of amides is 1. The van der Waals surface area contributed by atoms with Crippen LogP contribution in [0.2, 0.25) is 0 Å². The summed E-state index contributed by atoms with van der Waals surface area (Å²) in [6, 6.07) is 14.9. The van der Waals surface area contributed by atoms with Crippen molar-refractivity contribution in [1.29, 1.82) is 0 Å². The van der Waals surface area contributed by atoms with Crippen LogP contribution in [0.15, 0.2) is 53.1 Å². The summed E-state index contributed by atoms with van der Waals surface area (Å²) in [6.07, 6.45) is 0.0119. The highest BCUT2D eigenvalue weighted by atomic mass is 16.5. The molecule has 1 heterocycles. The molecule has 0 fully saturated rings. The third-order valence-corrected chi connectivity index (χ3v) is 4.26. The predicted molar refractivity (Wildman–Crippen MR) is 108 cm³/mol. The number of aromatic nitrogens is 1. The van der Waals surface area contributed by atoms with E-state index in [4.69, 9.17) is 14.0 Å². The number of carbonyl (C=O) groups excluding carboxylic acids is 2. The van der Waals surface area contributed by atoms with Gasteiger partial charge in [-0.2, -0.15) is 0 Å². The molecule has 7 nitrogen and oxygen atoms in total. The van der Waals surface area contributed by atoms with E-state index in [0.29, 0.717) is 17.0 Å². The van der Waals surface area contributed by atoms with E-state index in [9.17, 15) is 9.59 Å². The number of benzene rings is 2. The predicted octanol–water partition coefficient (Wildman–Crippen LogP) is 3.69. The highest BCUT2D eigenvalue weighted by Crippen LogP contribution is 2.22. The molecule has 0 saturated carbocycles. The van der Waals surface area contributed by atoms with Crippen LogP contribution in [0.4, 0.5) is 5.88 Å². The summed E-state index contributed by atoms with van der Waals surface area (Å²) in [5.74, 6) is -0.257. The van der Waals surface area contributed by atoms with Gasteiger partial charge in [0, 0.05) is 17.2 Å². The third-order valence-electron chi connectivity index (χ3n) is 4.26. The Hall–Kier alpha value is -3.61. The standard InChI is InChI=1S/C22H22N2O5/c1-14-4-7-16(8-5-14)18-12-21(29-24-18)23-20(25)13-28-22(26)11-17-10-15(2)6-9-19(17)27-3/h4-10,12H,11,13H2,1-3H3,(H,23,25). The second-order valence-electron chi connectivity index (χ2n) is 6.64. The monoisotopic (exact) mass is 394 g/mol. The van der Waals surface area contributed by atoms with Gasteiger partial charge >= 0.3 is 5.97 Å². The van der Waals surface area contributed by atoms with Crippen molar-refractivity contribution in [2.24, 2.45) is 0 Å². The van der Waals surface area contributed by atoms with Crippen LogP contribution in [0, 0.1) is 13.8 Å². The molecule has 0 aliphatic rings. The lowest BCUT2D eigenvalue weighted by molar-refractivity contribution is -0.146. The van der Waals surface area contributed by atoms with Crippen molar-refractivity contribution in [3.63, 3.8) is 0 Å². The van der Waals surface area contributed by atoms with Crippen LogP contribution < -0.4 is 10.1 Å². The lowest BCUT2D eigenvalue weighted by Crippen LogP contribution is -2.21. The van der Waals surface area contributed by atoms with Crippen LogP contribution in [0.1, 0.15) is 16.7 Å². The maximum atomic E-state index is 12.1. The molecule has 2 aromatic carbocycles. The summed E-state index contributed by atoms with van der Waals surface area (Å²) in [6.45, 7) is 3.49. The van der Waals surface area contributed by atoms with E-state index in [1.54, 1.807) is 12.1 Å². The minimum Gasteiger partial charge on any atom is -0.496 e. The number of anilines is 1. The molecule has 0 unspecified atom stereocenters. The highest BCUT2D eigenvalue weighted by molar-refractivity contribution is 5.92. The molecule has 1 aromatic heterocycles. The minimum absolute atomic E-state index is 0.0119. The van der Waals surface area contributed by atoms with E-state index in [1.165, 1.54) is 7.11 Å². The topological polar surface area (TPSA) is 90.7 Å². The molecule has 7 heteroatoms. The average molecular weight is 394 g/mol. The van der Waals surface area contributed by atoms with Crippen LogP contribution >= 0.6 is 0 Å². The summed E-state index contributed by atoms with van der Waals surface area (Å²) in [4.78, 5) is 24.1. The Labute approximate surface area is 168 Å². The minimum atomic E-state index is -0.526. The van der Waals surface area contributed by atoms with Crippen molar-refractivity contribution in [3.05, 3.63) is 65.2 Å². The van der Waals surface area contributed by atoms with E-state index < -0.39 is 18.5 Å². The number of hydrogen-bond acceptors (Lipinski definition) is 6. The average Bonchev–Trinajstić information content (AvgIpc) is 3.15. The molecule has 3 aromatic rings. The van der Waals surface area contributed by atoms with Gasteiger partial charge in [-0.1, -0.05) is 52.7 Å². The lowest BCUT2D eigenvalue weighted by atomic mass is 10.1. The summed E-state index contributed by atoms with van der Waals surface area (Å²) in [5, 5.41) is 6.46. The van der Waals surface area contributed by atoms with Crippen molar-refractivity contribution in [3.8, 4) is 17.0 Å². The highest BCUT2D eigenvalue weighted by Gasteiger charge is 2.14. The van der Waals surface area contributed by atoms with Crippen molar-refractivity contribution >= 4 is 17.8 Å². The molecule has 0 radical (unpaired) electrons. The smallest absolute Gasteiger partial charge is 0.310 e. The molecule has 0 atom stereocenters. The van der Waals surface area contributed by atoms with Crippen molar-refractivity contribution in [2.45, 2.75) is 20.3 Å². The second kappa shape index (κ2) is 9.05. The fraction of sp³-hybridized carbons (Fsp3) is 0.227. The molecule has 0 aliphatic carbocycles. The summed E-state index contributed by atoms with van der Waals surface area (Å²) in [7, 11) is 1.54. The maximum absolute atomic E-state index is 12.1. The van der Waals surface area contributed by atoms with Gasteiger partial charge in [0.15, 0.2) is 6.61 Å². The number of rotatable bonds is 7. The van der Waals surface area contributed by atoms with Gasteiger partial charge in [-0.3, -0.25) is 14.9 Å². The quantitative estimate of drug-likeness (QED) is 0.615. The van der Waals surface area contributed by atoms with Crippen LogP contribution in [0.5, 0.6) is 5.75 Å².